The zero-order valence-corrected chi connectivity index (χ0v) is 18.1. The van der Waals surface area contributed by atoms with Gasteiger partial charge in [0, 0.05) is 36.2 Å². The van der Waals surface area contributed by atoms with Crippen LogP contribution in [0.25, 0.3) is 11.3 Å². The lowest BCUT2D eigenvalue weighted by Crippen LogP contribution is -2.36. The van der Waals surface area contributed by atoms with Gasteiger partial charge in [-0.05, 0) is 36.4 Å². The van der Waals surface area contributed by atoms with Gasteiger partial charge in [-0.15, -0.1) is 6.58 Å². The van der Waals surface area contributed by atoms with Crippen LogP contribution in [0.4, 0.5) is 23.1 Å². The zero-order chi connectivity index (χ0) is 22.1. The molecule has 0 aliphatic carbocycles. The second-order valence-electron chi connectivity index (χ2n) is 7.38. The number of morpholine rings is 1. The minimum Gasteiger partial charge on any atom is -0.378 e. The van der Waals surface area contributed by atoms with Crippen LogP contribution >= 0.6 is 0 Å². The summed E-state index contributed by atoms with van der Waals surface area (Å²) in [4.78, 5) is 15.4. The third kappa shape index (κ3) is 3.57. The lowest BCUT2D eigenvalue weighted by molar-refractivity contribution is 0.122. The summed E-state index contributed by atoms with van der Waals surface area (Å²) in [6.45, 7) is 6.96. The Balaban J connectivity index is 1.46. The topological polar surface area (TPSA) is 101 Å². The maximum absolute atomic E-state index is 13.1. The van der Waals surface area contributed by atoms with Gasteiger partial charge in [-0.1, -0.05) is 6.08 Å². The van der Waals surface area contributed by atoms with E-state index in [0.29, 0.717) is 23.0 Å². The fraction of sp³-hybridized carbons (Fsp3) is 0.227. The van der Waals surface area contributed by atoms with Crippen molar-refractivity contribution in [2.24, 2.45) is 0 Å². The minimum absolute atomic E-state index is 0.0491. The Labute approximate surface area is 186 Å². The molecule has 0 atom stereocenters. The number of anilines is 4. The van der Waals surface area contributed by atoms with Crippen LogP contribution in [0, 0.1) is 0 Å². The summed E-state index contributed by atoms with van der Waals surface area (Å²) in [7, 11) is -3.84. The molecule has 1 fully saturated rings. The van der Waals surface area contributed by atoms with E-state index in [1.807, 2.05) is 24.3 Å². The number of pyridine rings is 1. The van der Waals surface area contributed by atoms with Crippen molar-refractivity contribution in [2.75, 3.05) is 47.4 Å². The highest BCUT2D eigenvalue weighted by atomic mass is 32.2. The van der Waals surface area contributed by atoms with Gasteiger partial charge < -0.3 is 15.0 Å². The summed E-state index contributed by atoms with van der Waals surface area (Å²) in [6, 6.07) is 11.5. The van der Waals surface area contributed by atoms with E-state index in [9.17, 15) is 8.42 Å². The summed E-state index contributed by atoms with van der Waals surface area (Å²) in [5.41, 5.74) is 2.89. The van der Waals surface area contributed by atoms with Gasteiger partial charge >= 0.3 is 0 Å². The lowest BCUT2D eigenvalue weighted by Gasteiger charge is -2.29. The van der Waals surface area contributed by atoms with E-state index in [-0.39, 0.29) is 11.4 Å². The molecule has 2 aliphatic heterocycles. The molecule has 0 spiro atoms. The number of benzene rings is 1. The van der Waals surface area contributed by atoms with Crippen molar-refractivity contribution in [1.82, 2.24) is 15.0 Å². The second-order valence-corrected chi connectivity index (χ2v) is 9.21. The predicted molar refractivity (Wildman–Crippen MR) is 123 cm³/mol. The van der Waals surface area contributed by atoms with E-state index in [4.69, 9.17) is 4.74 Å². The molecule has 0 amide bonds. The Morgan fingerprint density at radius 1 is 1.12 bits per heavy atom. The molecule has 32 heavy (non-hydrogen) atoms. The SMILES string of the molecule is C=CCN1c2ncccc2-c2nc(Nc3ccc(N4CCOCC4)cc3)ncc2S1(=O)=O. The maximum atomic E-state index is 13.1. The van der Waals surface area contributed by atoms with Crippen molar-refractivity contribution in [3.63, 3.8) is 0 Å². The van der Waals surface area contributed by atoms with Crippen molar-refractivity contribution in [1.29, 1.82) is 0 Å². The van der Waals surface area contributed by atoms with E-state index in [2.05, 4.69) is 31.7 Å². The van der Waals surface area contributed by atoms with E-state index < -0.39 is 10.0 Å². The summed E-state index contributed by atoms with van der Waals surface area (Å²) in [6.07, 6.45) is 4.43. The Hall–Kier alpha value is -3.50. The molecule has 2 aliphatic rings. The third-order valence-corrected chi connectivity index (χ3v) is 7.15. The van der Waals surface area contributed by atoms with Crippen LogP contribution in [0.3, 0.4) is 0 Å². The Kier molecular flexibility index (Phi) is 5.24. The predicted octanol–water partition coefficient (Wildman–Crippen LogP) is 2.81. The van der Waals surface area contributed by atoms with E-state index >= 15 is 0 Å². The second kappa shape index (κ2) is 8.21. The van der Waals surface area contributed by atoms with Crippen LogP contribution in [-0.4, -0.2) is 56.2 Å². The molecule has 3 aromatic rings. The van der Waals surface area contributed by atoms with E-state index in [1.54, 1.807) is 18.3 Å². The summed E-state index contributed by atoms with van der Waals surface area (Å²) < 4.78 is 32.9. The van der Waals surface area contributed by atoms with Gasteiger partial charge in [0.1, 0.15) is 10.6 Å². The van der Waals surface area contributed by atoms with Gasteiger partial charge in [0.15, 0.2) is 5.82 Å². The van der Waals surface area contributed by atoms with Crippen LogP contribution in [0.2, 0.25) is 0 Å². The van der Waals surface area contributed by atoms with Crippen molar-refractivity contribution in [2.45, 2.75) is 4.90 Å². The summed E-state index contributed by atoms with van der Waals surface area (Å²) in [5, 5.41) is 3.17. The Morgan fingerprint density at radius 3 is 2.66 bits per heavy atom. The van der Waals surface area contributed by atoms with Crippen LogP contribution in [0.5, 0.6) is 0 Å². The fourth-order valence-electron chi connectivity index (χ4n) is 3.83. The smallest absolute Gasteiger partial charge is 0.269 e. The lowest BCUT2D eigenvalue weighted by atomic mass is 10.1. The first-order valence-electron chi connectivity index (χ1n) is 10.2. The number of rotatable bonds is 5. The molecule has 1 N–H and O–H groups in total. The van der Waals surface area contributed by atoms with Gasteiger partial charge in [0.2, 0.25) is 5.95 Å². The molecule has 0 saturated carbocycles. The van der Waals surface area contributed by atoms with Crippen LogP contribution in [0.1, 0.15) is 0 Å². The standard InChI is InChI=1S/C22H22N6O3S/c1-2-10-28-21-18(4-3-9-23-21)20-19(32(28,29)30)15-24-22(26-20)25-16-5-7-17(8-6-16)27-11-13-31-14-12-27/h2-9,15H,1,10-14H2,(H,24,25,26). The Morgan fingerprint density at radius 2 is 1.91 bits per heavy atom. The molecule has 0 unspecified atom stereocenters. The van der Waals surface area contributed by atoms with Gasteiger partial charge in [-0.2, -0.15) is 0 Å². The molecule has 4 heterocycles. The number of aromatic nitrogens is 3. The maximum Gasteiger partial charge on any atom is 0.269 e. The summed E-state index contributed by atoms with van der Waals surface area (Å²) in [5.74, 6) is 0.643. The number of sulfonamides is 1. The molecule has 0 bridgehead atoms. The molecular formula is C22H22N6O3S. The monoisotopic (exact) mass is 450 g/mol. The molecule has 1 saturated heterocycles. The van der Waals surface area contributed by atoms with Gasteiger partial charge in [-0.25, -0.2) is 27.7 Å². The first-order valence-corrected chi connectivity index (χ1v) is 11.7. The molecule has 1 aromatic carbocycles. The molecule has 2 aromatic heterocycles. The highest BCUT2D eigenvalue weighted by Gasteiger charge is 2.36. The van der Waals surface area contributed by atoms with Gasteiger partial charge in [-0.3, -0.25) is 0 Å². The average molecular weight is 451 g/mol. The molecular weight excluding hydrogens is 428 g/mol. The third-order valence-electron chi connectivity index (χ3n) is 5.40. The number of hydrogen-bond acceptors (Lipinski definition) is 8. The number of nitrogens with zero attached hydrogens (tertiary/aromatic N) is 5. The minimum atomic E-state index is -3.84. The number of fused-ring (bicyclic) bond motifs is 3. The molecule has 0 radical (unpaired) electrons. The average Bonchev–Trinajstić information content (AvgIpc) is 2.83. The number of hydrogen-bond donors (Lipinski definition) is 1. The van der Waals surface area contributed by atoms with Crippen molar-refractivity contribution >= 4 is 33.2 Å². The summed E-state index contributed by atoms with van der Waals surface area (Å²) >= 11 is 0. The first-order chi connectivity index (χ1) is 15.6. The normalized spacial score (nSPS) is 16.8. The van der Waals surface area contributed by atoms with Crippen LogP contribution in [0.15, 0.2) is 66.3 Å². The number of ether oxygens (including phenoxy) is 1. The highest BCUT2D eigenvalue weighted by Crippen LogP contribution is 2.40. The fourth-order valence-corrected chi connectivity index (χ4v) is 5.33. The highest BCUT2D eigenvalue weighted by molar-refractivity contribution is 7.93. The molecule has 9 nitrogen and oxygen atoms in total. The van der Waals surface area contributed by atoms with Crippen LogP contribution in [-0.2, 0) is 14.8 Å². The van der Waals surface area contributed by atoms with Gasteiger partial charge in [0.05, 0.1) is 26.0 Å². The van der Waals surface area contributed by atoms with Crippen molar-refractivity contribution in [3.8, 4) is 11.3 Å². The molecule has 5 rings (SSSR count). The number of nitrogens with one attached hydrogen (secondary N) is 1. The van der Waals surface area contributed by atoms with Crippen LogP contribution < -0.4 is 14.5 Å². The first kappa shape index (κ1) is 20.4. The van der Waals surface area contributed by atoms with Crippen molar-refractivity contribution < 1.29 is 13.2 Å². The zero-order valence-electron chi connectivity index (χ0n) is 17.3. The van der Waals surface area contributed by atoms with Gasteiger partial charge in [0.25, 0.3) is 10.0 Å². The molecule has 164 valence electrons. The molecule has 10 heteroatoms. The quantitative estimate of drug-likeness (QED) is 0.593. The van der Waals surface area contributed by atoms with E-state index in [1.165, 1.54) is 16.6 Å². The Bertz CT molecular complexity index is 1260. The van der Waals surface area contributed by atoms with E-state index in [0.717, 1.165) is 37.7 Å². The largest absolute Gasteiger partial charge is 0.378 e. The van der Waals surface area contributed by atoms with Crippen molar-refractivity contribution in [3.05, 3.63) is 61.4 Å².